The fourth-order valence-corrected chi connectivity index (χ4v) is 2.31. The summed E-state index contributed by atoms with van der Waals surface area (Å²) in [7, 11) is 0. The number of cyclic esters (lactones) is 1. The number of primary amides is 1. The van der Waals surface area contributed by atoms with Gasteiger partial charge < -0.3 is 20.5 Å². The maximum Gasteiger partial charge on any atom is 0.416 e. The SMILES string of the molecule is NC(=O)N[C@@H](CC(=O)OCC(=O)N1CCOC1=O)c1ccc(Cl)cc1. The highest BCUT2D eigenvalue weighted by Gasteiger charge is 2.29. The van der Waals surface area contributed by atoms with Crippen LogP contribution < -0.4 is 11.1 Å². The molecule has 4 amide bonds. The zero-order valence-electron chi connectivity index (χ0n) is 13.1. The number of imide groups is 1. The van der Waals surface area contributed by atoms with Crippen molar-refractivity contribution in [3.8, 4) is 0 Å². The number of benzene rings is 1. The first-order valence-corrected chi connectivity index (χ1v) is 7.69. The summed E-state index contributed by atoms with van der Waals surface area (Å²) in [6.45, 7) is -0.372. The highest BCUT2D eigenvalue weighted by Crippen LogP contribution is 2.20. The number of nitrogens with zero attached hydrogens (tertiary/aromatic N) is 1. The summed E-state index contributed by atoms with van der Waals surface area (Å²) in [4.78, 5) is 46.9. The van der Waals surface area contributed by atoms with Crippen LogP contribution in [0.1, 0.15) is 18.0 Å². The average Bonchev–Trinajstić information content (AvgIpc) is 2.98. The molecule has 9 nitrogen and oxygen atoms in total. The fourth-order valence-electron chi connectivity index (χ4n) is 2.18. The molecule has 0 spiro atoms. The Morgan fingerprint density at radius 1 is 1.32 bits per heavy atom. The third kappa shape index (κ3) is 5.35. The summed E-state index contributed by atoms with van der Waals surface area (Å²) >= 11 is 5.80. The van der Waals surface area contributed by atoms with Gasteiger partial charge in [-0.15, -0.1) is 0 Å². The van der Waals surface area contributed by atoms with Crippen LogP contribution in [0.15, 0.2) is 24.3 Å². The van der Waals surface area contributed by atoms with E-state index in [-0.39, 0.29) is 19.6 Å². The molecule has 1 aromatic carbocycles. The highest BCUT2D eigenvalue weighted by atomic mass is 35.5. The van der Waals surface area contributed by atoms with Gasteiger partial charge in [0, 0.05) is 5.02 Å². The highest BCUT2D eigenvalue weighted by molar-refractivity contribution is 6.30. The van der Waals surface area contributed by atoms with Crippen molar-refractivity contribution in [1.82, 2.24) is 10.2 Å². The number of urea groups is 1. The molecule has 0 radical (unpaired) electrons. The number of amides is 4. The first-order valence-electron chi connectivity index (χ1n) is 7.31. The Morgan fingerprint density at radius 3 is 2.56 bits per heavy atom. The Labute approximate surface area is 148 Å². The van der Waals surface area contributed by atoms with Crippen molar-refractivity contribution in [2.75, 3.05) is 19.8 Å². The van der Waals surface area contributed by atoms with Gasteiger partial charge in [0.25, 0.3) is 5.91 Å². The molecule has 1 aliphatic heterocycles. The van der Waals surface area contributed by atoms with E-state index in [1.165, 1.54) is 0 Å². The summed E-state index contributed by atoms with van der Waals surface area (Å²) < 4.78 is 9.49. The lowest BCUT2D eigenvalue weighted by atomic mass is 10.0. The molecule has 1 aliphatic rings. The normalized spacial score (nSPS) is 14.6. The predicted molar refractivity (Wildman–Crippen MR) is 85.5 cm³/mol. The second-order valence-corrected chi connectivity index (χ2v) is 5.57. The van der Waals surface area contributed by atoms with E-state index in [0.29, 0.717) is 10.6 Å². The molecule has 0 aliphatic carbocycles. The lowest BCUT2D eigenvalue weighted by molar-refractivity contribution is -0.151. The number of carbonyl (C=O) groups excluding carboxylic acids is 4. The molecule has 1 saturated heterocycles. The minimum absolute atomic E-state index is 0.111. The third-order valence-electron chi connectivity index (χ3n) is 3.38. The van der Waals surface area contributed by atoms with Crippen LogP contribution in [-0.4, -0.2) is 48.7 Å². The van der Waals surface area contributed by atoms with Crippen LogP contribution in [0.4, 0.5) is 9.59 Å². The van der Waals surface area contributed by atoms with E-state index >= 15 is 0 Å². The van der Waals surface area contributed by atoms with Crippen LogP contribution >= 0.6 is 11.6 Å². The van der Waals surface area contributed by atoms with Gasteiger partial charge in [-0.3, -0.25) is 9.59 Å². The van der Waals surface area contributed by atoms with Gasteiger partial charge in [-0.05, 0) is 17.7 Å². The van der Waals surface area contributed by atoms with E-state index in [1.807, 2.05) is 0 Å². The van der Waals surface area contributed by atoms with Gasteiger partial charge in [-0.2, -0.15) is 0 Å². The third-order valence-corrected chi connectivity index (χ3v) is 3.63. The van der Waals surface area contributed by atoms with E-state index in [1.54, 1.807) is 24.3 Å². The summed E-state index contributed by atoms with van der Waals surface area (Å²) in [6.07, 6.45) is -1.02. The summed E-state index contributed by atoms with van der Waals surface area (Å²) in [6, 6.07) is 4.89. The number of halogens is 1. The standard InChI is InChI=1S/C15H16ClN3O6/c16-10-3-1-9(2-4-10)11(18-14(17)22)7-13(21)25-8-12(20)19-5-6-24-15(19)23/h1-4,11H,5-8H2,(H3,17,18,22)/t11-/m0/s1. The van der Waals surface area contributed by atoms with Crippen molar-refractivity contribution < 1.29 is 28.7 Å². The molecule has 3 N–H and O–H groups in total. The molecule has 0 aromatic heterocycles. The zero-order valence-corrected chi connectivity index (χ0v) is 13.8. The Kier molecular flexibility index (Phi) is 6.18. The van der Waals surface area contributed by atoms with E-state index in [9.17, 15) is 19.2 Å². The first kappa shape index (κ1) is 18.5. The van der Waals surface area contributed by atoms with Crippen molar-refractivity contribution >= 4 is 35.6 Å². The summed E-state index contributed by atoms with van der Waals surface area (Å²) in [5.41, 5.74) is 5.71. The van der Waals surface area contributed by atoms with Crippen LogP contribution in [0.3, 0.4) is 0 Å². The van der Waals surface area contributed by atoms with E-state index in [4.69, 9.17) is 22.1 Å². The number of esters is 1. The molecular weight excluding hydrogens is 354 g/mol. The average molecular weight is 370 g/mol. The number of nitrogens with two attached hydrogens (primary N) is 1. The molecule has 0 unspecified atom stereocenters. The first-order chi connectivity index (χ1) is 11.9. The quantitative estimate of drug-likeness (QED) is 0.719. The number of ether oxygens (including phenoxy) is 2. The molecule has 0 bridgehead atoms. The second-order valence-electron chi connectivity index (χ2n) is 5.14. The number of hydrogen-bond acceptors (Lipinski definition) is 6. The van der Waals surface area contributed by atoms with Gasteiger partial charge in [0.15, 0.2) is 6.61 Å². The van der Waals surface area contributed by atoms with Gasteiger partial charge in [0.05, 0.1) is 19.0 Å². The molecular formula is C15H16ClN3O6. The van der Waals surface area contributed by atoms with Gasteiger partial charge in [-0.1, -0.05) is 23.7 Å². The summed E-state index contributed by atoms with van der Waals surface area (Å²) in [5, 5.41) is 2.91. The van der Waals surface area contributed by atoms with Gasteiger partial charge in [0.2, 0.25) is 0 Å². The van der Waals surface area contributed by atoms with Crippen LogP contribution in [0.25, 0.3) is 0 Å². The molecule has 1 atom stereocenters. The number of nitrogens with one attached hydrogen (secondary N) is 1. The van der Waals surface area contributed by atoms with Gasteiger partial charge in [0.1, 0.15) is 6.61 Å². The molecule has 25 heavy (non-hydrogen) atoms. The Bertz CT molecular complexity index is 678. The molecule has 1 aromatic rings. The van der Waals surface area contributed by atoms with Crippen molar-refractivity contribution in [2.45, 2.75) is 12.5 Å². The largest absolute Gasteiger partial charge is 0.455 e. The predicted octanol–water partition coefficient (Wildman–Crippen LogP) is 0.961. The van der Waals surface area contributed by atoms with Crippen molar-refractivity contribution in [1.29, 1.82) is 0 Å². The molecule has 134 valence electrons. The summed E-state index contributed by atoms with van der Waals surface area (Å²) in [5.74, 6) is -1.42. The molecule has 10 heteroatoms. The van der Waals surface area contributed by atoms with Crippen molar-refractivity contribution in [3.63, 3.8) is 0 Å². The van der Waals surface area contributed by atoms with Gasteiger partial charge in [-0.25, -0.2) is 14.5 Å². The maximum absolute atomic E-state index is 11.9. The van der Waals surface area contributed by atoms with E-state index < -0.39 is 36.6 Å². The van der Waals surface area contributed by atoms with Gasteiger partial charge >= 0.3 is 18.1 Å². The lowest BCUT2D eigenvalue weighted by Crippen LogP contribution is -2.37. The van der Waals surface area contributed by atoms with Crippen LogP contribution in [0, 0.1) is 0 Å². The number of rotatable bonds is 6. The molecule has 0 saturated carbocycles. The second kappa shape index (κ2) is 8.34. The fraction of sp³-hybridized carbons (Fsp3) is 0.333. The smallest absolute Gasteiger partial charge is 0.416 e. The Morgan fingerprint density at radius 2 is 2.00 bits per heavy atom. The van der Waals surface area contributed by atoms with E-state index in [2.05, 4.69) is 10.1 Å². The zero-order chi connectivity index (χ0) is 18.4. The lowest BCUT2D eigenvalue weighted by Gasteiger charge is -2.17. The van der Waals surface area contributed by atoms with Crippen LogP contribution in [-0.2, 0) is 19.1 Å². The Balaban J connectivity index is 1.92. The number of hydrogen-bond donors (Lipinski definition) is 2. The molecule has 1 fully saturated rings. The minimum atomic E-state index is -0.816. The maximum atomic E-state index is 11.9. The Hall–Kier alpha value is -2.81. The van der Waals surface area contributed by atoms with Crippen LogP contribution in [0.5, 0.6) is 0 Å². The van der Waals surface area contributed by atoms with Crippen molar-refractivity contribution in [3.05, 3.63) is 34.9 Å². The van der Waals surface area contributed by atoms with E-state index in [0.717, 1.165) is 4.90 Å². The molecule has 2 rings (SSSR count). The van der Waals surface area contributed by atoms with Crippen molar-refractivity contribution in [2.24, 2.45) is 5.73 Å². The molecule has 1 heterocycles. The minimum Gasteiger partial charge on any atom is -0.455 e. The monoisotopic (exact) mass is 369 g/mol. The van der Waals surface area contributed by atoms with Crippen LogP contribution in [0.2, 0.25) is 5.02 Å². The topological polar surface area (TPSA) is 128 Å². The number of carbonyl (C=O) groups is 4.